The molecule has 0 aliphatic rings. The second-order valence-corrected chi connectivity index (χ2v) is 12.9. The molecule has 11 nitrogen and oxygen atoms in total. The number of nitrogens with two attached hydrogens (primary N) is 1. The molecule has 0 radical (unpaired) electrons. The first-order valence-corrected chi connectivity index (χ1v) is 16.4. The molecule has 0 fully saturated rings. The van der Waals surface area contributed by atoms with E-state index in [-0.39, 0.29) is 28.7 Å². The number of carbonyl (C=O) groups excluding carboxylic acids is 1. The van der Waals surface area contributed by atoms with Gasteiger partial charge in [-0.05, 0) is 60.6 Å². The third kappa shape index (κ3) is 9.41. The molecular formula is C26H32Cl2N2O9P2. The Morgan fingerprint density at radius 2 is 1.66 bits per heavy atom. The minimum absolute atomic E-state index is 0.0973. The van der Waals surface area contributed by atoms with Gasteiger partial charge in [0.1, 0.15) is 12.5 Å². The van der Waals surface area contributed by atoms with Crippen molar-refractivity contribution in [1.82, 2.24) is 4.57 Å². The first kappa shape index (κ1) is 33.3. The first-order chi connectivity index (χ1) is 19.1. The van der Waals surface area contributed by atoms with E-state index in [4.69, 9.17) is 33.5 Å². The smallest absolute Gasteiger partial charge is 0.403 e. The molecule has 0 saturated heterocycles. The Bertz CT molecular complexity index is 1480. The van der Waals surface area contributed by atoms with E-state index in [0.29, 0.717) is 40.4 Å². The number of aromatic nitrogens is 1. The highest BCUT2D eigenvalue weighted by Crippen LogP contribution is 2.44. The van der Waals surface area contributed by atoms with Crippen LogP contribution in [0.2, 0.25) is 10.0 Å². The van der Waals surface area contributed by atoms with E-state index in [1.807, 2.05) is 26.0 Å². The van der Waals surface area contributed by atoms with E-state index in [2.05, 4.69) is 4.52 Å². The molecule has 1 aromatic heterocycles. The van der Waals surface area contributed by atoms with E-state index in [9.17, 15) is 33.5 Å². The molecule has 0 spiro atoms. The molecule has 0 aliphatic carbocycles. The van der Waals surface area contributed by atoms with Crippen molar-refractivity contribution < 1.29 is 42.5 Å². The highest BCUT2D eigenvalue weighted by molar-refractivity contribution is 7.46. The summed E-state index contributed by atoms with van der Waals surface area (Å²) in [5, 5.41) is 0.429. The van der Waals surface area contributed by atoms with E-state index >= 15 is 0 Å². The minimum Gasteiger partial charge on any atom is -0.403 e. The second kappa shape index (κ2) is 13.9. The lowest BCUT2D eigenvalue weighted by molar-refractivity contribution is 0.0999. The van der Waals surface area contributed by atoms with E-state index in [1.165, 1.54) is 18.2 Å². The van der Waals surface area contributed by atoms with Crippen molar-refractivity contribution in [3.05, 3.63) is 75.0 Å². The number of aryl methyl sites for hydroxylation is 1. The lowest BCUT2D eigenvalue weighted by Crippen LogP contribution is -2.16. The quantitative estimate of drug-likeness (QED) is 0.134. The first-order valence-electron chi connectivity index (χ1n) is 12.6. The summed E-state index contributed by atoms with van der Waals surface area (Å²) in [6, 6.07) is 11.2. The fourth-order valence-corrected chi connectivity index (χ4v) is 5.84. The van der Waals surface area contributed by atoms with Gasteiger partial charge in [-0.3, -0.25) is 19.1 Å². The number of phosphoric acid groups is 2. The summed E-state index contributed by atoms with van der Waals surface area (Å²) in [5.41, 5.74) is 8.66. The van der Waals surface area contributed by atoms with Crippen molar-refractivity contribution >= 4 is 44.8 Å². The monoisotopic (exact) mass is 648 g/mol. The molecule has 1 unspecified atom stereocenters. The molecule has 3 aromatic rings. The van der Waals surface area contributed by atoms with Crippen LogP contribution in [0, 0.1) is 5.92 Å². The Morgan fingerprint density at radius 1 is 1.00 bits per heavy atom. The number of carbonyl (C=O) groups is 1. The highest BCUT2D eigenvalue weighted by atomic mass is 35.5. The zero-order valence-corrected chi connectivity index (χ0v) is 25.7. The van der Waals surface area contributed by atoms with Crippen molar-refractivity contribution in [2.75, 3.05) is 0 Å². The lowest BCUT2D eigenvalue weighted by Gasteiger charge is -2.18. The van der Waals surface area contributed by atoms with Gasteiger partial charge < -0.3 is 24.6 Å². The number of hydrogen-bond acceptors (Lipinski definition) is 5. The summed E-state index contributed by atoms with van der Waals surface area (Å²) in [7, 11) is -9.79. The number of phosphoric ester groups is 2. The Hall–Kier alpha value is -2.17. The van der Waals surface area contributed by atoms with Crippen molar-refractivity contribution in [3.8, 4) is 16.9 Å². The van der Waals surface area contributed by atoms with Crippen LogP contribution in [-0.2, 0) is 39.6 Å². The molecule has 0 saturated carbocycles. The SMILES string of the molecule is CCCC(C)Cc1c(-c2ccc(OP(=O)(O)O)c(Cl)c2)c(C(N)=O)c(CCc2ccc(Cl)cc2)n1COP(=O)(O)O. The number of hydrogen-bond donors (Lipinski definition) is 5. The normalized spacial score (nSPS) is 12.9. The van der Waals surface area contributed by atoms with Crippen LogP contribution in [0.1, 0.15) is 54.0 Å². The summed E-state index contributed by atoms with van der Waals surface area (Å²) in [6.07, 6.45) is 2.80. The van der Waals surface area contributed by atoms with Crippen molar-refractivity contribution in [2.24, 2.45) is 11.7 Å². The number of benzene rings is 2. The third-order valence-electron chi connectivity index (χ3n) is 6.41. The number of nitrogens with zero attached hydrogens (tertiary/aromatic N) is 1. The van der Waals surface area contributed by atoms with Crippen LogP contribution in [0.4, 0.5) is 0 Å². The molecule has 1 amide bonds. The molecule has 6 N–H and O–H groups in total. The predicted molar refractivity (Wildman–Crippen MR) is 156 cm³/mol. The van der Waals surface area contributed by atoms with E-state index < -0.39 is 28.3 Å². The van der Waals surface area contributed by atoms with Crippen molar-refractivity contribution in [3.63, 3.8) is 0 Å². The summed E-state index contributed by atoms with van der Waals surface area (Å²) >= 11 is 12.3. The highest BCUT2D eigenvalue weighted by Gasteiger charge is 2.30. The molecule has 3 rings (SSSR count). The molecule has 1 atom stereocenters. The van der Waals surface area contributed by atoms with Crippen molar-refractivity contribution in [2.45, 2.75) is 52.7 Å². The van der Waals surface area contributed by atoms with Gasteiger partial charge in [0.2, 0.25) is 0 Å². The van der Waals surface area contributed by atoms with Gasteiger partial charge >= 0.3 is 15.6 Å². The molecular weight excluding hydrogens is 617 g/mol. The Morgan fingerprint density at radius 3 is 2.20 bits per heavy atom. The van der Waals surface area contributed by atoms with Gasteiger partial charge in [-0.2, -0.15) is 0 Å². The largest absolute Gasteiger partial charge is 0.524 e. The summed E-state index contributed by atoms with van der Waals surface area (Å²) in [5.74, 6) is -0.949. The molecule has 224 valence electrons. The van der Waals surface area contributed by atoms with E-state index in [1.54, 1.807) is 16.7 Å². The van der Waals surface area contributed by atoms with Crippen LogP contribution < -0.4 is 10.3 Å². The number of primary amides is 1. The Kier molecular flexibility index (Phi) is 11.3. The van der Waals surface area contributed by atoms with Crippen LogP contribution in [0.5, 0.6) is 5.75 Å². The number of rotatable bonds is 14. The summed E-state index contributed by atoms with van der Waals surface area (Å²) in [4.78, 5) is 50.4. The lowest BCUT2D eigenvalue weighted by atomic mass is 9.93. The molecule has 15 heteroatoms. The minimum atomic E-state index is -4.90. The van der Waals surface area contributed by atoms with Gasteiger partial charge in [0.25, 0.3) is 5.91 Å². The Balaban J connectivity index is 2.27. The van der Waals surface area contributed by atoms with Gasteiger partial charge in [0.15, 0.2) is 0 Å². The number of halogens is 2. The maximum absolute atomic E-state index is 13.0. The maximum Gasteiger partial charge on any atom is 0.524 e. The van der Waals surface area contributed by atoms with Gasteiger partial charge in [-0.1, -0.05) is 68.1 Å². The molecule has 1 heterocycles. The summed E-state index contributed by atoms with van der Waals surface area (Å²) < 4.78 is 34.2. The average molecular weight is 649 g/mol. The van der Waals surface area contributed by atoms with Crippen molar-refractivity contribution in [1.29, 1.82) is 0 Å². The third-order valence-corrected chi connectivity index (χ3v) is 7.84. The molecule has 41 heavy (non-hydrogen) atoms. The predicted octanol–water partition coefficient (Wildman–Crippen LogP) is 5.86. The van der Waals surface area contributed by atoms with E-state index in [0.717, 1.165) is 18.4 Å². The van der Waals surface area contributed by atoms with Gasteiger partial charge in [0, 0.05) is 22.0 Å². The zero-order valence-electron chi connectivity index (χ0n) is 22.4. The van der Waals surface area contributed by atoms with Crippen LogP contribution in [0.15, 0.2) is 42.5 Å². The zero-order chi connectivity index (χ0) is 30.5. The maximum atomic E-state index is 13.0. The molecule has 2 aromatic carbocycles. The topological polar surface area (TPSA) is 182 Å². The Labute approximate surface area is 247 Å². The van der Waals surface area contributed by atoms with Crippen LogP contribution in [0.3, 0.4) is 0 Å². The van der Waals surface area contributed by atoms with Gasteiger partial charge in [0.05, 0.1) is 10.6 Å². The van der Waals surface area contributed by atoms with Crippen LogP contribution in [0.25, 0.3) is 11.1 Å². The summed E-state index contributed by atoms with van der Waals surface area (Å²) in [6.45, 7) is 3.48. The standard InChI is InChI=1S/C26H32Cl2N2O9P2/c1-3-4-16(2)13-22-24(18-8-12-23(20(28)14-18)39-41(35,36)37)25(26(29)31)21(30(22)15-38-40(32,33)34)11-7-17-5-9-19(27)10-6-17/h5-6,8-10,12,14,16H,3-4,7,11,13,15H2,1-2H3,(H2,29,31)(H2,32,33,34)(H2,35,36,37). The fraction of sp³-hybridized carbons (Fsp3) is 0.346. The molecule has 0 aliphatic heterocycles. The second-order valence-electron chi connectivity index (χ2n) is 9.64. The van der Waals surface area contributed by atoms with Crippen LogP contribution in [-0.4, -0.2) is 30.0 Å². The average Bonchev–Trinajstić information content (AvgIpc) is 3.15. The van der Waals surface area contributed by atoms with Crippen LogP contribution >= 0.6 is 38.8 Å². The van der Waals surface area contributed by atoms with Gasteiger partial charge in [-0.25, -0.2) is 9.13 Å². The van der Waals surface area contributed by atoms with Gasteiger partial charge in [-0.15, -0.1) is 0 Å². The fourth-order valence-electron chi connectivity index (χ4n) is 4.76. The number of amides is 1. The molecule has 0 bridgehead atoms.